The van der Waals surface area contributed by atoms with Gasteiger partial charge in [-0.2, -0.15) is 13.2 Å². The lowest BCUT2D eigenvalue weighted by atomic mass is 10.1. The Bertz CT molecular complexity index is 404. The third kappa shape index (κ3) is 4.16. The molecular formula is C12H17Cl2F3N2. The Morgan fingerprint density at radius 1 is 1.11 bits per heavy atom. The number of nitrogens with zero attached hydrogens (tertiary/aromatic N) is 1. The molecule has 0 saturated carbocycles. The first-order chi connectivity index (χ1) is 8.02. The molecule has 110 valence electrons. The van der Waals surface area contributed by atoms with E-state index in [2.05, 4.69) is 4.90 Å². The van der Waals surface area contributed by atoms with Crippen molar-refractivity contribution >= 4 is 30.5 Å². The fourth-order valence-corrected chi connectivity index (χ4v) is 2.19. The molecule has 1 aromatic rings. The van der Waals surface area contributed by atoms with E-state index in [4.69, 9.17) is 5.73 Å². The van der Waals surface area contributed by atoms with Gasteiger partial charge in [-0.3, -0.25) is 0 Å². The van der Waals surface area contributed by atoms with Gasteiger partial charge in [-0.15, -0.1) is 24.8 Å². The van der Waals surface area contributed by atoms with Crippen molar-refractivity contribution in [3.63, 3.8) is 0 Å². The van der Waals surface area contributed by atoms with Crippen LogP contribution in [0, 0.1) is 0 Å². The molecule has 1 aliphatic heterocycles. The molecule has 7 heteroatoms. The Hall–Kier alpha value is -0.650. The van der Waals surface area contributed by atoms with Gasteiger partial charge in [0.05, 0.1) is 5.56 Å². The van der Waals surface area contributed by atoms with Crippen LogP contribution < -0.4 is 10.6 Å². The van der Waals surface area contributed by atoms with Crippen LogP contribution in [0.25, 0.3) is 0 Å². The van der Waals surface area contributed by atoms with E-state index in [1.807, 2.05) is 0 Å². The molecule has 0 aliphatic carbocycles. The molecule has 2 nitrogen and oxygen atoms in total. The molecule has 0 radical (unpaired) electrons. The Morgan fingerprint density at radius 3 is 2.16 bits per heavy atom. The predicted molar refractivity (Wildman–Crippen MR) is 75.3 cm³/mol. The van der Waals surface area contributed by atoms with E-state index in [1.165, 1.54) is 6.07 Å². The highest BCUT2D eigenvalue weighted by atomic mass is 35.5. The van der Waals surface area contributed by atoms with Gasteiger partial charge in [-0.05, 0) is 36.6 Å². The van der Waals surface area contributed by atoms with Crippen LogP contribution in [-0.4, -0.2) is 13.1 Å². The number of hydrogen-bond donors (Lipinski definition) is 1. The van der Waals surface area contributed by atoms with E-state index in [0.717, 1.165) is 43.8 Å². The lowest BCUT2D eigenvalue weighted by Gasteiger charge is -2.22. The summed E-state index contributed by atoms with van der Waals surface area (Å²) in [4.78, 5) is 2.10. The maximum absolute atomic E-state index is 12.6. The summed E-state index contributed by atoms with van der Waals surface area (Å²) in [5.74, 6) is 0. The number of nitrogens with two attached hydrogens (primary N) is 1. The van der Waals surface area contributed by atoms with E-state index in [-0.39, 0.29) is 31.4 Å². The zero-order valence-corrected chi connectivity index (χ0v) is 11.9. The molecular weight excluding hydrogens is 300 g/mol. The van der Waals surface area contributed by atoms with E-state index in [1.54, 1.807) is 0 Å². The zero-order chi connectivity index (χ0) is 12.5. The first-order valence-corrected chi connectivity index (χ1v) is 5.67. The molecule has 1 saturated heterocycles. The smallest absolute Gasteiger partial charge is 0.371 e. The number of rotatable bonds is 2. The van der Waals surface area contributed by atoms with E-state index < -0.39 is 11.7 Å². The van der Waals surface area contributed by atoms with Gasteiger partial charge in [0, 0.05) is 25.3 Å². The maximum atomic E-state index is 12.6. The zero-order valence-electron chi connectivity index (χ0n) is 10.2. The molecule has 1 heterocycles. The number of halogens is 5. The summed E-state index contributed by atoms with van der Waals surface area (Å²) in [7, 11) is 0. The molecule has 1 aliphatic rings. The molecule has 0 aromatic heterocycles. The third-order valence-corrected chi connectivity index (χ3v) is 3.07. The highest BCUT2D eigenvalue weighted by Gasteiger charge is 2.31. The highest BCUT2D eigenvalue weighted by Crippen LogP contribution is 2.33. The van der Waals surface area contributed by atoms with Crippen LogP contribution in [0.5, 0.6) is 0 Å². The number of benzene rings is 1. The quantitative estimate of drug-likeness (QED) is 0.903. The molecule has 1 fully saturated rings. The van der Waals surface area contributed by atoms with Gasteiger partial charge in [0.15, 0.2) is 0 Å². The average Bonchev–Trinajstić information content (AvgIpc) is 2.80. The van der Waals surface area contributed by atoms with Gasteiger partial charge in [0.2, 0.25) is 0 Å². The molecule has 0 unspecified atom stereocenters. The van der Waals surface area contributed by atoms with Crippen LogP contribution in [0.1, 0.15) is 24.0 Å². The Balaban J connectivity index is 0.00000162. The van der Waals surface area contributed by atoms with E-state index in [9.17, 15) is 13.2 Å². The molecule has 0 bridgehead atoms. The summed E-state index contributed by atoms with van der Waals surface area (Å²) in [5.41, 5.74) is 6.33. The standard InChI is InChI=1S/C12H15F3N2.2ClH/c13-12(14,15)10-3-4-11(9(7-10)8-16)17-5-1-2-6-17;;/h3-4,7H,1-2,5-6,8,16H2;2*1H. The van der Waals surface area contributed by atoms with E-state index in [0.29, 0.717) is 5.56 Å². The van der Waals surface area contributed by atoms with Crippen LogP contribution >= 0.6 is 24.8 Å². The van der Waals surface area contributed by atoms with Crippen molar-refractivity contribution < 1.29 is 13.2 Å². The number of alkyl halides is 3. The van der Waals surface area contributed by atoms with Crippen molar-refractivity contribution in [2.75, 3.05) is 18.0 Å². The van der Waals surface area contributed by atoms with Crippen LogP contribution in [0.2, 0.25) is 0 Å². The second-order valence-corrected chi connectivity index (χ2v) is 4.24. The van der Waals surface area contributed by atoms with Crippen LogP contribution in [0.4, 0.5) is 18.9 Å². The molecule has 1 aromatic carbocycles. The molecule has 0 spiro atoms. The first kappa shape index (κ1) is 18.4. The second-order valence-electron chi connectivity index (χ2n) is 4.24. The second kappa shape index (κ2) is 7.22. The summed E-state index contributed by atoms with van der Waals surface area (Å²) in [5, 5.41) is 0. The monoisotopic (exact) mass is 316 g/mol. The Morgan fingerprint density at radius 2 is 1.68 bits per heavy atom. The Labute approximate surface area is 123 Å². The van der Waals surface area contributed by atoms with Gasteiger partial charge >= 0.3 is 6.18 Å². The van der Waals surface area contributed by atoms with Crippen molar-refractivity contribution in [1.29, 1.82) is 0 Å². The minimum atomic E-state index is -4.30. The Kier molecular flexibility index (Phi) is 6.97. The van der Waals surface area contributed by atoms with Crippen LogP contribution in [-0.2, 0) is 12.7 Å². The van der Waals surface area contributed by atoms with Crippen molar-refractivity contribution in [3.05, 3.63) is 29.3 Å². The molecule has 2 N–H and O–H groups in total. The van der Waals surface area contributed by atoms with Gasteiger partial charge in [0.25, 0.3) is 0 Å². The van der Waals surface area contributed by atoms with Crippen molar-refractivity contribution in [3.8, 4) is 0 Å². The number of anilines is 1. The lowest BCUT2D eigenvalue weighted by Crippen LogP contribution is -2.20. The van der Waals surface area contributed by atoms with Crippen molar-refractivity contribution in [1.82, 2.24) is 0 Å². The summed E-state index contributed by atoms with van der Waals surface area (Å²) < 4.78 is 37.7. The van der Waals surface area contributed by atoms with Crippen LogP contribution in [0.3, 0.4) is 0 Å². The average molecular weight is 317 g/mol. The van der Waals surface area contributed by atoms with Gasteiger partial charge in [0.1, 0.15) is 0 Å². The SMILES string of the molecule is Cl.Cl.NCc1cc(C(F)(F)F)ccc1N1CCCC1. The lowest BCUT2D eigenvalue weighted by molar-refractivity contribution is -0.137. The largest absolute Gasteiger partial charge is 0.416 e. The maximum Gasteiger partial charge on any atom is 0.416 e. The minimum absolute atomic E-state index is 0. The summed E-state index contributed by atoms with van der Waals surface area (Å²) in [6, 6.07) is 3.83. The fourth-order valence-electron chi connectivity index (χ4n) is 2.19. The van der Waals surface area contributed by atoms with Crippen LogP contribution in [0.15, 0.2) is 18.2 Å². The molecule has 2 rings (SSSR count). The minimum Gasteiger partial charge on any atom is -0.371 e. The van der Waals surface area contributed by atoms with Gasteiger partial charge < -0.3 is 10.6 Å². The molecule has 0 amide bonds. The van der Waals surface area contributed by atoms with Crippen molar-refractivity contribution in [2.24, 2.45) is 5.73 Å². The highest BCUT2D eigenvalue weighted by molar-refractivity contribution is 5.85. The van der Waals surface area contributed by atoms with Gasteiger partial charge in [-0.25, -0.2) is 0 Å². The summed E-state index contributed by atoms with van der Waals surface area (Å²) in [6.45, 7) is 1.94. The normalized spacial score (nSPS) is 14.8. The fraction of sp³-hybridized carbons (Fsp3) is 0.500. The summed E-state index contributed by atoms with van der Waals surface area (Å²) in [6.07, 6.45) is -2.12. The van der Waals surface area contributed by atoms with Gasteiger partial charge in [-0.1, -0.05) is 0 Å². The third-order valence-electron chi connectivity index (χ3n) is 3.07. The molecule has 0 atom stereocenters. The number of hydrogen-bond acceptors (Lipinski definition) is 2. The van der Waals surface area contributed by atoms with Crippen molar-refractivity contribution in [2.45, 2.75) is 25.6 Å². The van der Waals surface area contributed by atoms with E-state index >= 15 is 0 Å². The first-order valence-electron chi connectivity index (χ1n) is 5.67. The summed E-state index contributed by atoms with van der Waals surface area (Å²) >= 11 is 0. The topological polar surface area (TPSA) is 29.3 Å². The molecule has 19 heavy (non-hydrogen) atoms. The predicted octanol–water partition coefficient (Wildman–Crippen LogP) is 3.61.